The molecule has 1 saturated heterocycles. The summed E-state index contributed by atoms with van der Waals surface area (Å²) >= 11 is 0. The Balaban J connectivity index is 1.91. The Morgan fingerprint density at radius 3 is 2.87 bits per heavy atom. The molecule has 2 rings (SSSR count). The molecule has 1 N–H and O–H groups in total. The summed E-state index contributed by atoms with van der Waals surface area (Å²) in [6, 6.07) is 10.4. The van der Waals surface area contributed by atoms with Gasteiger partial charge in [0, 0.05) is 6.04 Å². The fraction of sp³-hybridized carbons (Fsp3) is 0.364. The van der Waals surface area contributed by atoms with E-state index in [-0.39, 0.29) is 12.1 Å². The summed E-state index contributed by atoms with van der Waals surface area (Å²) in [5.41, 5.74) is 1.25. The molecule has 77 valence electrons. The van der Waals surface area contributed by atoms with Gasteiger partial charge in [-0.2, -0.15) is 0 Å². The smallest absolute Gasteiger partial charge is 0.290 e. The highest BCUT2D eigenvalue weighted by Gasteiger charge is 2.32. The summed E-state index contributed by atoms with van der Waals surface area (Å²) in [6.45, 7) is 0.789. The van der Waals surface area contributed by atoms with Crippen molar-refractivity contribution in [3.63, 3.8) is 0 Å². The molecule has 0 aromatic heterocycles. The summed E-state index contributed by atoms with van der Waals surface area (Å²) < 4.78 is 5.24. The number of epoxide rings is 1. The average Bonchev–Trinajstić information content (AvgIpc) is 3.09. The molecule has 0 unspecified atom stereocenters. The molecule has 1 aromatic rings. The molecule has 1 aliphatic rings. The third-order valence-electron chi connectivity index (χ3n) is 2.48. The molecular weight excluding hydrogens is 189 g/mol. The molecule has 1 radical (unpaired) electrons. The van der Waals surface area contributed by atoms with Crippen LogP contribution < -0.4 is 5.23 Å². The van der Waals surface area contributed by atoms with Crippen LogP contribution in [0, 0.1) is 0 Å². The zero-order valence-corrected chi connectivity index (χ0v) is 8.43. The van der Waals surface area contributed by atoms with Crippen molar-refractivity contribution >= 4 is 13.6 Å². The lowest BCUT2D eigenvalue weighted by Gasteiger charge is -2.14. The SMILES string of the molecule is O=C[B]N[C@@H](Cc1ccccc1)[C@H]1CO1. The van der Waals surface area contributed by atoms with Crippen molar-refractivity contribution in [1.29, 1.82) is 0 Å². The highest BCUT2D eigenvalue weighted by Crippen LogP contribution is 2.17. The summed E-state index contributed by atoms with van der Waals surface area (Å²) in [7, 11) is 1.44. The Bertz CT molecular complexity index is 314. The monoisotopic (exact) mass is 202 g/mol. The quantitative estimate of drug-likeness (QED) is 0.412. The molecule has 2 atom stereocenters. The van der Waals surface area contributed by atoms with Crippen LogP contribution in [0.4, 0.5) is 0 Å². The van der Waals surface area contributed by atoms with Gasteiger partial charge in [0.2, 0.25) is 0 Å². The predicted octanol–water partition coefficient (Wildman–Crippen LogP) is 0.395. The van der Waals surface area contributed by atoms with Crippen molar-refractivity contribution in [1.82, 2.24) is 5.23 Å². The molecule has 4 heteroatoms. The second-order valence-electron chi connectivity index (χ2n) is 3.64. The van der Waals surface area contributed by atoms with Gasteiger partial charge in [0.25, 0.3) is 7.41 Å². The summed E-state index contributed by atoms with van der Waals surface area (Å²) in [6.07, 6.45) is 1.90. The van der Waals surface area contributed by atoms with Crippen molar-refractivity contribution in [2.24, 2.45) is 0 Å². The lowest BCUT2D eigenvalue weighted by Crippen LogP contribution is -2.39. The Morgan fingerprint density at radius 2 is 2.27 bits per heavy atom. The predicted molar refractivity (Wildman–Crippen MR) is 59.3 cm³/mol. The lowest BCUT2D eigenvalue weighted by molar-refractivity contribution is 0.361. The zero-order valence-electron chi connectivity index (χ0n) is 8.43. The molecule has 1 aliphatic heterocycles. The van der Waals surface area contributed by atoms with E-state index in [0.29, 0.717) is 0 Å². The third kappa shape index (κ3) is 3.18. The van der Waals surface area contributed by atoms with Crippen LogP contribution in [-0.2, 0) is 16.0 Å². The minimum Gasteiger partial charge on any atom is -0.371 e. The summed E-state index contributed by atoms with van der Waals surface area (Å²) in [5.74, 6) is 0. The number of benzene rings is 1. The van der Waals surface area contributed by atoms with E-state index in [1.54, 1.807) is 0 Å². The number of hydrogen-bond acceptors (Lipinski definition) is 3. The van der Waals surface area contributed by atoms with Gasteiger partial charge in [-0.25, -0.2) is 0 Å². The number of hydrogen-bond donors (Lipinski definition) is 1. The molecule has 0 aliphatic carbocycles. The first-order valence-electron chi connectivity index (χ1n) is 5.08. The fourth-order valence-electron chi connectivity index (χ4n) is 1.62. The van der Waals surface area contributed by atoms with Crippen LogP contribution in [0.2, 0.25) is 0 Å². The maximum atomic E-state index is 10.2. The van der Waals surface area contributed by atoms with Gasteiger partial charge in [0.15, 0.2) is 0 Å². The summed E-state index contributed by atoms with van der Waals surface area (Å²) in [5, 5.41) is 3.06. The maximum absolute atomic E-state index is 10.2. The van der Waals surface area contributed by atoms with Gasteiger partial charge in [-0.15, -0.1) is 0 Å². The minimum atomic E-state index is 0.206. The maximum Gasteiger partial charge on any atom is 0.290 e. The van der Waals surface area contributed by atoms with E-state index >= 15 is 0 Å². The number of nitrogens with one attached hydrogen (secondary N) is 1. The number of ether oxygens (including phenoxy) is 1. The molecular formula is C11H13BNO2. The first-order valence-corrected chi connectivity index (χ1v) is 5.08. The fourth-order valence-corrected chi connectivity index (χ4v) is 1.62. The van der Waals surface area contributed by atoms with E-state index in [1.807, 2.05) is 18.2 Å². The van der Waals surface area contributed by atoms with Crippen molar-refractivity contribution in [2.45, 2.75) is 18.6 Å². The third-order valence-corrected chi connectivity index (χ3v) is 2.48. The van der Waals surface area contributed by atoms with Crippen LogP contribution in [0.15, 0.2) is 30.3 Å². The first kappa shape index (κ1) is 10.4. The molecule has 15 heavy (non-hydrogen) atoms. The molecule has 0 saturated carbocycles. The molecule has 1 heterocycles. The van der Waals surface area contributed by atoms with Crippen LogP contribution in [-0.4, -0.2) is 32.4 Å². The van der Waals surface area contributed by atoms with E-state index in [9.17, 15) is 4.79 Å². The lowest BCUT2D eigenvalue weighted by atomic mass is 9.93. The molecule has 1 fully saturated rings. The molecule has 0 spiro atoms. The number of carbonyl (C=O) groups is 1. The van der Waals surface area contributed by atoms with E-state index in [2.05, 4.69) is 17.4 Å². The number of rotatable bonds is 6. The average molecular weight is 202 g/mol. The number of carbonyl (C=O) groups excluding carboxylic acids is 1. The van der Waals surface area contributed by atoms with E-state index in [1.165, 1.54) is 13.0 Å². The topological polar surface area (TPSA) is 41.6 Å². The van der Waals surface area contributed by atoms with Crippen LogP contribution >= 0.6 is 0 Å². The summed E-state index contributed by atoms with van der Waals surface area (Å²) in [4.78, 5) is 10.2. The highest BCUT2D eigenvalue weighted by atomic mass is 16.6. The molecule has 1 aromatic carbocycles. The van der Waals surface area contributed by atoms with E-state index in [4.69, 9.17) is 4.74 Å². The van der Waals surface area contributed by atoms with Gasteiger partial charge < -0.3 is 14.8 Å². The molecule has 3 nitrogen and oxygen atoms in total. The zero-order chi connectivity index (χ0) is 10.5. The Morgan fingerprint density at radius 1 is 1.53 bits per heavy atom. The van der Waals surface area contributed by atoms with Gasteiger partial charge >= 0.3 is 0 Å². The van der Waals surface area contributed by atoms with Gasteiger partial charge in [0.1, 0.15) is 0 Å². The van der Waals surface area contributed by atoms with E-state index < -0.39 is 0 Å². The molecule has 0 amide bonds. The second kappa shape index (κ2) is 5.10. The van der Waals surface area contributed by atoms with Crippen LogP contribution in [0.5, 0.6) is 0 Å². The largest absolute Gasteiger partial charge is 0.371 e. The van der Waals surface area contributed by atoms with Gasteiger partial charge in [-0.1, -0.05) is 30.3 Å². The van der Waals surface area contributed by atoms with Crippen molar-refractivity contribution in [3.05, 3.63) is 35.9 Å². The standard InChI is InChI=1S/C11H13BNO2/c14-8-12-13-10(11-7-15-11)6-9-4-2-1-3-5-9/h1-5,8,10-11,13H,6-7H2/t10-,11+/m0/s1. The van der Waals surface area contributed by atoms with Crippen LogP contribution in [0.1, 0.15) is 5.56 Å². The van der Waals surface area contributed by atoms with Gasteiger partial charge in [-0.3, -0.25) is 0 Å². The minimum absolute atomic E-state index is 0.206. The Hall–Kier alpha value is -1.13. The Labute approximate surface area is 90.1 Å². The highest BCUT2D eigenvalue weighted by molar-refractivity contribution is 6.64. The van der Waals surface area contributed by atoms with Crippen molar-refractivity contribution < 1.29 is 9.53 Å². The normalized spacial score (nSPS) is 20.7. The van der Waals surface area contributed by atoms with Crippen LogP contribution in [0.25, 0.3) is 0 Å². The van der Waals surface area contributed by atoms with E-state index in [0.717, 1.165) is 19.2 Å². The van der Waals surface area contributed by atoms with Gasteiger partial charge in [0.05, 0.1) is 18.9 Å². The van der Waals surface area contributed by atoms with Crippen LogP contribution in [0.3, 0.4) is 0 Å². The van der Waals surface area contributed by atoms with Gasteiger partial charge in [-0.05, 0) is 12.0 Å². The van der Waals surface area contributed by atoms with Crippen molar-refractivity contribution in [3.8, 4) is 0 Å². The first-order chi connectivity index (χ1) is 7.40. The second-order valence-corrected chi connectivity index (χ2v) is 3.64. The Kier molecular flexibility index (Phi) is 3.53. The molecule has 0 bridgehead atoms. The van der Waals surface area contributed by atoms with Crippen molar-refractivity contribution in [2.75, 3.05) is 6.61 Å².